The molecular weight excluding hydrogens is 354 g/mol. The van der Waals surface area contributed by atoms with Crippen LogP contribution in [0, 0.1) is 9.39 Å². The fourth-order valence-electron chi connectivity index (χ4n) is 0.854. The van der Waals surface area contributed by atoms with Crippen molar-refractivity contribution in [2.24, 2.45) is 0 Å². The van der Waals surface area contributed by atoms with Gasteiger partial charge in [-0.2, -0.15) is 0 Å². The summed E-state index contributed by atoms with van der Waals surface area (Å²) in [6, 6.07) is 2.48. The third-order valence-corrected chi connectivity index (χ3v) is 3.04. The number of aromatic carboxylic acids is 1. The monoisotopic (exact) mass is 358 g/mol. The Morgan fingerprint density at radius 1 is 1.62 bits per heavy atom. The maximum Gasteiger partial charge on any atom is 0.335 e. The predicted octanol–water partition coefficient (Wildman–Crippen LogP) is 3.02. The highest BCUT2D eigenvalue weighted by atomic mass is 127. The van der Waals surface area contributed by atoms with Gasteiger partial charge in [0.25, 0.3) is 0 Å². The van der Waals surface area contributed by atoms with Gasteiger partial charge in [0.15, 0.2) is 0 Å². The van der Waals surface area contributed by atoms with Crippen LogP contribution in [0.5, 0.6) is 0 Å². The molecule has 0 heterocycles. The summed E-state index contributed by atoms with van der Waals surface area (Å²) in [6.45, 7) is 0. The lowest BCUT2D eigenvalue weighted by atomic mass is 10.1. The molecule has 1 rings (SSSR count). The summed E-state index contributed by atoms with van der Waals surface area (Å²) >= 11 is 5.04. The molecule has 0 saturated heterocycles. The van der Waals surface area contributed by atoms with E-state index in [-0.39, 0.29) is 5.56 Å². The molecule has 0 atom stereocenters. The van der Waals surface area contributed by atoms with E-state index in [4.69, 9.17) is 5.11 Å². The molecule has 0 aliphatic carbocycles. The molecule has 2 nitrogen and oxygen atoms in total. The van der Waals surface area contributed by atoms with Crippen molar-refractivity contribution in [2.45, 2.75) is 5.33 Å². The normalized spacial score (nSPS) is 10.1. The minimum Gasteiger partial charge on any atom is -0.478 e. The van der Waals surface area contributed by atoms with Crippen molar-refractivity contribution in [1.29, 1.82) is 0 Å². The molecule has 0 aliphatic rings. The van der Waals surface area contributed by atoms with Crippen molar-refractivity contribution < 1.29 is 14.3 Å². The van der Waals surface area contributed by atoms with Crippen LogP contribution < -0.4 is 0 Å². The largest absolute Gasteiger partial charge is 0.478 e. The average Bonchev–Trinajstić information content (AvgIpc) is 2.03. The molecule has 13 heavy (non-hydrogen) atoms. The summed E-state index contributed by atoms with van der Waals surface area (Å²) in [5.41, 5.74) is 0.470. The van der Waals surface area contributed by atoms with E-state index in [9.17, 15) is 9.18 Å². The zero-order valence-corrected chi connectivity index (χ0v) is 10.1. The SMILES string of the molecule is O=C(O)c1cc(F)c(CBr)c(I)c1. The first kappa shape index (κ1) is 10.9. The number of hydrogen-bond acceptors (Lipinski definition) is 1. The van der Waals surface area contributed by atoms with Crippen LogP contribution in [0.3, 0.4) is 0 Å². The number of carbonyl (C=O) groups is 1. The fourth-order valence-corrected chi connectivity index (χ4v) is 2.73. The summed E-state index contributed by atoms with van der Waals surface area (Å²) in [7, 11) is 0. The topological polar surface area (TPSA) is 37.3 Å². The van der Waals surface area contributed by atoms with Crippen LogP contribution in [0.4, 0.5) is 4.39 Å². The highest BCUT2D eigenvalue weighted by Crippen LogP contribution is 2.21. The Morgan fingerprint density at radius 3 is 2.62 bits per heavy atom. The molecule has 1 N–H and O–H groups in total. The number of alkyl halides is 1. The maximum atomic E-state index is 13.2. The first-order valence-corrected chi connectivity index (χ1v) is 5.53. The van der Waals surface area contributed by atoms with Crippen molar-refractivity contribution in [3.63, 3.8) is 0 Å². The van der Waals surface area contributed by atoms with Gasteiger partial charge in [0, 0.05) is 14.5 Å². The number of rotatable bonds is 2. The minimum atomic E-state index is -1.11. The van der Waals surface area contributed by atoms with Crippen molar-refractivity contribution in [3.05, 3.63) is 32.6 Å². The van der Waals surface area contributed by atoms with Crippen molar-refractivity contribution in [3.8, 4) is 0 Å². The number of benzene rings is 1. The van der Waals surface area contributed by atoms with Gasteiger partial charge in [-0.1, -0.05) is 15.9 Å². The van der Waals surface area contributed by atoms with Crippen molar-refractivity contribution in [2.75, 3.05) is 0 Å². The van der Waals surface area contributed by atoms with Gasteiger partial charge in [-0.25, -0.2) is 9.18 Å². The van der Waals surface area contributed by atoms with Gasteiger partial charge < -0.3 is 5.11 Å². The van der Waals surface area contributed by atoms with Crippen LogP contribution in [0.25, 0.3) is 0 Å². The molecule has 0 fully saturated rings. The van der Waals surface area contributed by atoms with E-state index >= 15 is 0 Å². The Balaban J connectivity index is 3.28. The molecule has 0 bridgehead atoms. The lowest BCUT2D eigenvalue weighted by Gasteiger charge is -2.03. The second kappa shape index (κ2) is 4.36. The van der Waals surface area contributed by atoms with Gasteiger partial charge in [0.1, 0.15) is 5.82 Å². The number of hydrogen-bond donors (Lipinski definition) is 1. The summed E-state index contributed by atoms with van der Waals surface area (Å²) in [5.74, 6) is -1.60. The van der Waals surface area contributed by atoms with Gasteiger partial charge in [0.2, 0.25) is 0 Å². The van der Waals surface area contributed by atoms with Gasteiger partial charge in [-0.3, -0.25) is 0 Å². The smallest absolute Gasteiger partial charge is 0.335 e. The molecule has 70 valence electrons. The Morgan fingerprint density at radius 2 is 2.23 bits per heavy atom. The summed E-state index contributed by atoms with van der Waals surface area (Å²) in [6.07, 6.45) is 0. The highest BCUT2D eigenvalue weighted by molar-refractivity contribution is 14.1. The molecule has 0 unspecified atom stereocenters. The van der Waals surface area contributed by atoms with E-state index in [2.05, 4.69) is 15.9 Å². The molecular formula is C8H5BrFIO2. The number of halogens is 3. The van der Waals surface area contributed by atoms with Gasteiger partial charge >= 0.3 is 5.97 Å². The first-order chi connectivity index (χ1) is 6.06. The van der Waals surface area contributed by atoms with E-state index < -0.39 is 11.8 Å². The van der Waals surface area contributed by atoms with E-state index in [0.717, 1.165) is 6.07 Å². The van der Waals surface area contributed by atoms with Gasteiger partial charge in [-0.05, 0) is 34.7 Å². The number of carboxylic acids is 1. The molecule has 0 spiro atoms. The quantitative estimate of drug-likeness (QED) is 0.651. The summed E-state index contributed by atoms with van der Waals surface area (Å²) in [5, 5.41) is 9.00. The third-order valence-electron chi connectivity index (χ3n) is 1.52. The Kier molecular flexibility index (Phi) is 3.66. The van der Waals surface area contributed by atoms with E-state index in [1.54, 1.807) is 0 Å². The van der Waals surface area contributed by atoms with Crippen LogP contribution in [0.2, 0.25) is 0 Å². The first-order valence-electron chi connectivity index (χ1n) is 3.33. The van der Waals surface area contributed by atoms with Gasteiger partial charge in [-0.15, -0.1) is 0 Å². The van der Waals surface area contributed by atoms with E-state index in [0.29, 0.717) is 14.5 Å². The minimum absolute atomic E-state index is 0.0217. The zero-order valence-electron chi connectivity index (χ0n) is 6.35. The summed E-state index contributed by atoms with van der Waals surface area (Å²) in [4.78, 5) is 10.5. The van der Waals surface area contributed by atoms with Crippen LogP contribution in [0.15, 0.2) is 12.1 Å². The van der Waals surface area contributed by atoms with Crippen LogP contribution >= 0.6 is 38.5 Å². The predicted molar refractivity (Wildman–Crippen MR) is 58.7 cm³/mol. The molecule has 5 heteroatoms. The Hall–Kier alpha value is -0.170. The van der Waals surface area contributed by atoms with Crippen molar-refractivity contribution >= 4 is 44.5 Å². The average molecular weight is 359 g/mol. The molecule has 0 aromatic heterocycles. The van der Waals surface area contributed by atoms with Crippen LogP contribution in [-0.2, 0) is 5.33 Å². The molecule has 0 amide bonds. The van der Waals surface area contributed by atoms with Crippen LogP contribution in [-0.4, -0.2) is 11.1 Å². The zero-order chi connectivity index (χ0) is 10.0. The molecule has 0 radical (unpaired) electrons. The lowest BCUT2D eigenvalue weighted by molar-refractivity contribution is 0.0696. The van der Waals surface area contributed by atoms with E-state index in [1.165, 1.54) is 6.07 Å². The molecule has 1 aromatic rings. The van der Waals surface area contributed by atoms with E-state index in [1.807, 2.05) is 22.6 Å². The fraction of sp³-hybridized carbons (Fsp3) is 0.125. The third kappa shape index (κ3) is 2.40. The Bertz CT molecular complexity index is 331. The second-order valence-electron chi connectivity index (χ2n) is 2.36. The second-order valence-corrected chi connectivity index (χ2v) is 4.08. The molecule has 0 saturated carbocycles. The standard InChI is InChI=1S/C8H5BrFIO2/c9-3-5-6(10)1-4(8(12)13)2-7(5)11/h1-2H,3H2,(H,12,13). The summed E-state index contributed by atoms with van der Waals surface area (Å²) < 4.78 is 13.8. The Labute approximate surface area is 96.4 Å². The van der Waals surface area contributed by atoms with Crippen molar-refractivity contribution in [1.82, 2.24) is 0 Å². The highest BCUT2D eigenvalue weighted by Gasteiger charge is 2.11. The number of carboxylic acid groups (broad SMARTS) is 1. The molecule has 0 aliphatic heterocycles. The maximum absolute atomic E-state index is 13.2. The molecule has 1 aromatic carbocycles. The lowest BCUT2D eigenvalue weighted by Crippen LogP contribution is -2.01. The van der Waals surface area contributed by atoms with Crippen LogP contribution in [0.1, 0.15) is 15.9 Å². The van der Waals surface area contributed by atoms with Gasteiger partial charge in [0.05, 0.1) is 5.56 Å².